The van der Waals surface area contributed by atoms with Crippen molar-refractivity contribution in [3.8, 4) is 0 Å². The summed E-state index contributed by atoms with van der Waals surface area (Å²) >= 11 is 2.83. The largest absolute Gasteiger partial charge is 0.457 e. The van der Waals surface area contributed by atoms with E-state index in [1.54, 1.807) is 12.1 Å². The molecule has 20 heavy (non-hydrogen) atoms. The van der Waals surface area contributed by atoms with Crippen molar-refractivity contribution in [2.45, 2.75) is 5.75 Å². The van der Waals surface area contributed by atoms with E-state index < -0.39 is 0 Å². The molecule has 0 bridgehead atoms. The molecule has 0 aliphatic rings. The average molecular weight is 306 g/mol. The lowest BCUT2D eigenvalue weighted by molar-refractivity contribution is -0.139. The molecule has 0 amide bonds. The summed E-state index contributed by atoms with van der Waals surface area (Å²) in [7, 11) is 0. The molecule has 0 atom stereocenters. The van der Waals surface area contributed by atoms with Gasteiger partial charge in [-0.3, -0.25) is 9.59 Å². The summed E-state index contributed by atoms with van der Waals surface area (Å²) in [6.45, 7) is -0.175. The summed E-state index contributed by atoms with van der Waals surface area (Å²) in [5.74, 6) is 0.513. The number of ether oxygens (including phenoxy) is 1. The number of benzene rings is 1. The summed E-state index contributed by atoms with van der Waals surface area (Å²) in [6.07, 6.45) is 0. The van der Waals surface area contributed by atoms with Gasteiger partial charge < -0.3 is 4.74 Å². The fourth-order valence-corrected chi connectivity index (χ4v) is 2.95. The van der Waals surface area contributed by atoms with Crippen LogP contribution in [0.1, 0.15) is 15.2 Å². The highest BCUT2D eigenvalue weighted by atomic mass is 32.2. The van der Waals surface area contributed by atoms with Crippen LogP contribution in [0, 0.1) is 0 Å². The van der Waals surface area contributed by atoms with Crippen molar-refractivity contribution >= 4 is 34.9 Å². The van der Waals surface area contributed by atoms with Crippen molar-refractivity contribution in [2.24, 2.45) is 0 Å². The van der Waals surface area contributed by atoms with Crippen molar-refractivity contribution in [2.75, 3.05) is 12.4 Å². The van der Waals surface area contributed by atoms with Gasteiger partial charge >= 0.3 is 5.97 Å². The van der Waals surface area contributed by atoms with E-state index in [2.05, 4.69) is 0 Å². The first-order chi connectivity index (χ1) is 9.75. The molecule has 0 spiro atoms. The minimum atomic E-state index is -0.351. The summed E-state index contributed by atoms with van der Waals surface area (Å²) in [4.78, 5) is 23.8. The zero-order valence-corrected chi connectivity index (χ0v) is 12.4. The van der Waals surface area contributed by atoms with E-state index in [0.29, 0.717) is 4.88 Å². The molecule has 2 rings (SSSR count). The number of hydrogen-bond acceptors (Lipinski definition) is 5. The highest BCUT2D eigenvalue weighted by Gasteiger charge is 2.10. The number of ketones is 1. The molecule has 0 fully saturated rings. The van der Waals surface area contributed by atoms with Gasteiger partial charge in [0.15, 0.2) is 6.61 Å². The van der Waals surface area contributed by atoms with Crippen LogP contribution >= 0.6 is 23.1 Å². The lowest BCUT2D eigenvalue weighted by atomic mass is 10.2. The van der Waals surface area contributed by atoms with Crippen LogP contribution in [0.2, 0.25) is 0 Å². The van der Waals surface area contributed by atoms with Crippen LogP contribution in [0.25, 0.3) is 0 Å². The van der Waals surface area contributed by atoms with Crippen LogP contribution in [-0.4, -0.2) is 24.1 Å². The van der Waals surface area contributed by atoms with Crippen molar-refractivity contribution in [3.05, 3.63) is 58.3 Å². The van der Waals surface area contributed by atoms with E-state index in [0.717, 1.165) is 5.75 Å². The van der Waals surface area contributed by atoms with Gasteiger partial charge in [0.25, 0.3) is 0 Å². The van der Waals surface area contributed by atoms with Crippen LogP contribution in [0.15, 0.2) is 47.8 Å². The Balaban J connectivity index is 1.65. The molecule has 0 unspecified atom stereocenters. The number of thiophene rings is 1. The molecular formula is C15H14O3S2. The number of hydrogen-bond donors (Lipinski definition) is 0. The molecule has 104 valence electrons. The van der Waals surface area contributed by atoms with Gasteiger partial charge in [-0.25, -0.2) is 0 Å². The molecule has 5 heteroatoms. The Morgan fingerprint density at radius 3 is 2.60 bits per heavy atom. The number of Topliss-reactive ketones (excluding diaryl/α,β-unsaturated/α-hetero) is 1. The van der Waals surface area contributed by atoms with E-state index in [1.165, 1.54) is 28.7 Å². The standard InChI is InChI=1S/C15H14O3S2/c16-13(14-7-4-8-20-14)9-18-15(17)11-19-10-12-5-2-1-3-6-12/h1-8H,9-11H2. The van der Waals surface area contributed by atoms with E-state index >= 15 is 0 Å². The Hall–Kier alpha value is -1.59. The number of carbonyl (C=O) groups excluding carboxylic acids is 2. The maximum atomic E-state index is 11.6. The minimum Gasteiger partial charge on any atom is -0.457 e. The normalized spacial score (nSPS) is 10.2. The number of carbonyl (C=O) groups is 2. The first-order valence-corrected chi connectivity index (χ1v) is 8.13. The quantitative estimate of drug-likeness (QED) is 0.581. The SMILES string of the molecule is O=C(CSCc1ccccc1)OCC(=O)c1cccs1. The highest BCUT2D eigenvalue weighted by Crippen LogP contribution is 2.12. The van der Waals surface area contributed by atoms with Crippen LogP contribution in [-0.2, 0) is 15.3 Å². The smallest absolute Gasteiger partial charge is 0.316 e. The monoisotopic (exact) mass is 306 g/mol. The number of rotatable bonds is 7. The van der Waals surface area contributed by atoms with Gasteiger partial charge in [0, 0.05) is 5.75 Å². The lowest BCUT2D eigenvalue weighted by Gasteiger charge is -2.03. The topological polar surface area (TPSA) is 43.4 Å². The van der Waals surface area contributed by atoms with Crippen molar-refractivity contribution in [1.82, 2.24) is 0 Å². The van der Waals surface area contributed by atoms with Gasteiger partial charge in [-0.05, 0) is 17.0 Å². The predicted octanol–water partition coefficient (Wildman–Crippen LogP) is 3.41. The molecule has 1 heterocycles. The van der Waals surface area contributed by atoms with E-state index in [-0.39, 0.29) is 24.1 Å². The fourth-order valence-electron chi connectivity index (χ4n) is 1.52. The van der Waals surface area contributed by atoms with Crippen LogP contribution in [0.5, 0.6) is 0 Å². The van der Waals surface area contributed by atoms with Crippen molar-refractivity contribution in [1.29, 1.82) is 0 Å². The molecule has 1 aromatic heterocycles. The fraction of sp³-hybridized carbons (Fsp3) is 0.200. The zero-order chi connectivity index (χ0) is 14.2. The highest BCUT2D eigenvalue weighted by molar-refractivity contribution is 7.99. The first kappa shape index (κ1) is 14.8. The molecular weight excluding hydrogens is 292 g/mol. The van der Waals surface area contributed by atoms with Gasteiger partial charge in [-0.15, -0.1) is 23.1 Å². The van der Waals surface area contributed by atoms with Gasteiger partial charge in [-0.2, -0.15) is 0 Å². The molecule has 0 aliphatic heterocycles. The summed E-state index contributed by atoms with van der Waals surface area (Å²) in [6, 6.07) is 13.4. The maximum absolute atomic E-state index is 11.6. The Morgan fingerprint density at radius 2 is 1.90 bits per heavy atom. The number of esters is 1. The van der Waals surface area contributed by atoms with Gasteiger partial charge in [0.05, 0.1) is 10.6 Å². The zero-order valence-electron chi connectivity index (χ0n) is 10.8. The Bertz CT molecular complexity index is 550. The van der Waals surface area contributed by atoms with Crippen molar-refractivity contribution in [3.63, 3.8) is 0 Å². The third-order valence-corrected chi connectivity index (χ3v) is 4.38. The third kappa shape index (κ3) is 4.83. The molecule has 0 saturated heterocycles. The second kappa shape index (κ2) is 7.87. The molecule has 1 aromatic carbocycles. The summed E-state index contributed by atoms with van der Waals surface area (Å²) in [5.41, 5.74) is 1.17. The molecule has 0 N–H and O–H groups in total. The maximum Gasteiger partial charge on any atom is 0.316 e. The predicted molar refractivity (Wildman–Crippen MR) is 82.2 cm³/mol. The van der Waals surface area contributed by atoms with E-state index in [9.17, 15) is 9.59 Å². The van der Waals surface area contributed by atoms with Gasteiger partial charge in [0.2, 0.25) is 5.78 Å². The molecule has 3 nitrogen and oxygen atoms in total. The Kier molecular flexibility index (Phi) is 5.83. The number of thioether (sulfide) groups is 1. The second-order valence-electron chi connectivity index (χ2n) is 4.04. The molecule has 0 radical (unpaired) electrons. The van der Waals surface area contributed by atoms with Crippen molar-refractivity contribution < 1.29 is 14.3 Å². The van der Waals surface area contributed by atoms with Gasteiger partial charge in [0.1, 0.15) is 0 Å². The molecule has 0 saturated carbocycles. The first-order valence-electron chi connectivity index (χ1n) is 6.09. The summed E-state index contributed by atoms with van der Waals surface area (Å²) < 4.78 is 4.96. The molecule has 2 aromatic rings. The Labute approximate surface area is 126 Å². The van der Waals surface area contributed by atoms with E-state index in [4.69, 9.17) is 4.74 Å². The minimum absolute atomic E-state index is 0.151. The third-order valence-electron chi connectivity index (χ3n) is 2.49. The average Bonchev–Trinajstić information content (AvgIpc) is 3.00. The van der Waals surface area contributed by atoms with Crippen LogP contribution in [0.3, 0.4) is 0 Å². The lowest BCUT2D eigenvalue weighted by Crippen LogP contribution is -2.14. The van der Waals surface area contributed by atoms with Crippen LogP contribution < -0.4 is 0 Å². The second-order valence-corrected chi connectivity index (χ2v) is 5.97. The summed E-state index contributed by atoms with van der Waals surface area (Å²) in [5, 5.41) is 1.82. The molecule has 0 aliphatic carbocycles. The van der Waals surface area contributed by atoms with Crippen LogP contribution in [0.4, 0.5) is 0 Å². The van der Waals surface area contributed by atoms with E-state index in [1.807, 2.05) is 35.7 Å². The van der Waals surface area contributed by atoms with Gasteiger partial charge in [-0.1, -0.05) is 36.4 Å². The Morgan fingerprint density at radius 1 is 1.10 bits per heavy atom.